The Kier molecular flexibility index (Phi) is 3.87. The maximum Gasteiger partial charge on any atom is 0.191 e. The van der Waals surface area contributed by atoms with Crippen molar-refractivity contribution in [3.05, 3.63) is 0 Å². The summed E-state index contributed by atoms with van der Waals surface area (Å²) >= 11 is 0. The molecule has 0 aromatic carbocycles. The zero-order valence-corrected chi connectivity index (χ0v) is 9.62. The molecular formula is C12H23N3. The highest BCUT2D eigenvalue weighted by Crippen LogP contribution is 2.20. The summed E-state index contributed by atoms with van der Waals surface area (Å²) in [6.45, 7) is 2.23. The Labute approximate surface area is 92.7 Å². The highest BCUT2D eigenvalue weighted by Gasteiger charge is 2.16. The minimum absolute atomic E-state index is 0.515. The Morgan fingerprint density at radius 3 is 2.20 bits per heavy atom. The first-order chi connectivity index (χ1) is 7.36. The van der Waals surface area contributed by atoms with Gasteiger partial charge in [-0.05, 0) is 32.1 Å². The van der Waals surface area contributed by atoms with Crippen LogP contribution in [0.15, 0.2) is 4.99 Å². The van der Waals surface area contributed by atoms with Crippen molar-refractivity contribution < 1.29 is 0 Å². The molecule has 0 spiro atoms. The van der Waals surface area contributed by atoms with Crippen molar-refractivity contribution in [2.75, 3.05) is 13.1 Å². The molecule has 3 heteroatoms. The van der Waals surface area contributed by atoms with Crippen LogP contribution in [0.5, 0.6) is 0 Å². The number of rotatable bonds is 1. The fourth-order valence-corrected chi connectivity index (χ4v) is 2.60. The maximum atomic E-state index is 6.06. The molecule has 0 atom stereocenters. The van der Waals surface area contributed by atoms with Gasteiger partial charge in [-0.1, -0.05) is 19.3 Å². The van der Waals surface area contributed by atoms with Crippen LogP contribution >= 0.6 is 0 Å². The summed E-state index contributed by atoms with van der Waals surface area (Å²) in [5, 5.41) is 0. The smallest absolute Gasteiger partial charge is 0.191 e. The van der Waals surface area contributed by atoms with Crippen molar-refractivity contribution in [3.63, 3.8) is 0 Å². The molecule has 0 unspecified atom stereocenters. The second-order valence-electron chi connectivity index (χ2n) is 4.83. The number of nitrogens with two attached hydrogens (primary N) is 1. The van der Waals surface area contributed by atoms with E-state index in [4.69, 9.17) is 5.73 Å². The van der Waals surface area contributed by atoms with E-state index in [1.807, 2.05) is 0 Å². The van der Waals surface area contributed by atoms with Crippen LogP contribution < -0.4 is 5.73 Å². The van der Waals surface area contributed by atoms with Crippen LogP contribution in [0.4, 0.5) is 0 Å². The van der Waals surface area contributed by atoms with Gasteiger partial charge < -0.3 is 10.6 Å². The SMILES string of the molecule is NC(=NC1CCCCC1)N1CCCCC1. The fourth-order valence-electron chi connectivity index (χ4n) is 2.60. The molecule has 1 aliphatic carbocycles. The van der Waals surface area contributed by atoms with Crippen molar-refractivity contribution in [2.24, 2.45) is 10.7 Å². The Balaban J connectivity index is 1.86. The summed E-state index contributed by atoms with van der Waals surface area (Å²) in [5.74, 6) is 0.807. The Morgan fingerprint density at radius 2 is 1.53 bits per heavy atom. The molecule has 2 aliphatic rings. The number of hydrogen-bond donors (Lipinski definition) is 1. The first-order valence-electron chi connectivity index (χ1n) is 6.44. The van der Waals surface area contributed by atoms with Crippen LogP contribution in [0.25, 0.3) is 0 Å². The van der Waals surface area contributed by atoms with Crippen molar-refractivity contribution in [3.8, 4) is 0 Å². The second-order valence-corrected chi connectivity index (χ2v) is 4.83. The molecule has 2 rings (SSSR count). The molecule has 86 valence electrons. The summed E-state index contributed by atoms with van der Waals surface area (Å²) in [6, 6.07) is 0.515. The molecule has 1 saturated heterocycles. The molecule has 0 amide bonds. The molecule has 0 aromatic heterocycles. The van der Waals surface area contributed by atoms with E-state index in [-0.39, 0.29) is 0 Å². The minimum Gasteiger partial charge on any atom is -0.370 e. The summed E-state index contributed by atoms with van der Waals surface area (Å²) in [7, 11) is 0. The quantitative estimate of drug-likeness (QED) is 0.531. The lowest BCUT2D eigenvalue weighted by molar-refractivity contribution is 0.333. The van der Waals surface area contributed by atoms with Crippen LogP contribution in [-0.2, 0) is 0 Å². The molecule has 1 saturated carbocycles. The van der Waals surface area contributed by atoms with E-state index in [0.29, 0.717) is 6.04 Å². The molecule has 1 heterocycles. The van der Waals surface area contributed by atoms with Crippen LogP contribution in [-0.4, -0.2) is 30.0 Å². The lowest BCUT2D eigenvalue weighted by Crippen LogP contribution is -2.41. The number of piperidine rings is 1. The number of hydrogen-bond acceptors (Lipinski definition) is 1. The first-order valence-corrected chi connectivity index (χ1v) is 6.44. The second kappa shape index (κ2) is 5.38. The molecule has 2 N–H and O–H groups in total. The summed E-state index contributed by atoms with van der Waals surface area (Å²) in [6.07, 6.45) is 10.5. The van der Waals surface area contributed by atoms with Gasteiger partial charge in [-0.3, -0.25) is 0 Å². The normalized spacial score (nSPS) is 25.6. The topological polar surface area (TPSA) is 41.6 Å². The van der Waals surface area contributed by atoms with Gasteiger partial charge in [-0.25, -0.2) is 4.99 Å². The molecular weight excluding hydrogens is 186 g/mol. The first kappa shape index (κ1) is 10.8. The number of likely N-dealkylation sites (tertiary alicyclic amines) is 1. The highest BCUT2D eigenvalue weighted by molar-refractivity contribution is 5.78. The third kappa shape index (κ3) is 3.11. The van der Waals surface area contributed by atoms with E-state index in [1.54, 1.807) is 0 Å². The number of aliphatic imine (C=N–C) groups is 1. The lowest BCUT2D eigenvalue weighted by Gasteiger charge is -2.29. The van der Waals surface area contributed by atoms with Gasteiger partial charge >= 0.3 is 0 Å². The van der Waals surface area contributed by atoms with Crippen molar-refractivity contribution in [1.29, 1.82) is 0 Å². The van der Waals surface area contributed by atoms with Gasteiger partial charge in [0, 0.05) is 13.1 Å². The van der Waals surface area contributed by atoms with Crippen molar-refractivity contribution >= 4 is 5.96 Å². The molecule has 1 aliphatic heterocycles. The highest BCUT2D eigenvalue weighted by atomic mass is 15.3. The average Bonchev–Trinajstić information content (AvgIpc) is 2.31. The van der Waals surface area contributed by atoms with E-state index in [2.05, 4.69) is 9.89 Å². The van der Waals surface area contributed by atoms with Crippen molar-refractivity contribution in [2.45, 2.75) is 57.4 Å². The lowest BCUT2D eigenvalue weighted by atomic mass is 9.96. The molecule has 2 fully saturated rings. The van der Waals surface area contributed by atoms with E-state index in [0.717, 1.165) is 19.0 Å². The largest absolute Gasteiger partial charge is 0.370 e. The van der Waals surface area contributed by atoms with Crippen molar-refractivity contribution in [1.82, 2.24) is 4.90 Å². The monoisotopic (exact) mass is 209 g/mol. The van der Waals surface area contributed by atoms with Gasteiger partial charge in [0.25, 0.3) is 0 Å². The summed E-state index contributed by atoms with van der Waals surface area (Å²) in [4.78, 5) is 6.94. The van der Waals surface area contributed by atoms with Gasteiger partial charge in [0.1, 0.15) is 0 Å². The predicted molar refractivity (Wildman–Crippen MR) is 63.9 cm³/mol. The maximum absolute atomic E-state index is 6.06. The van der Waals surface area contributed by atoms with Crippen LogP contribution in [0.2, 0.25) is 0 Å². The van der Waals surface area contributed by atoms with Gasteiger partial charge in [0.2, 0.25) is 0 Å². The third-order valence-corrected chi connectivity index (χ3v) is 3.57. The standard InChI is InChI=1S/C12H23N3/c13-12(15-9-5-2-6-10-15)14-11-7-3-1-4-8-11/h11H,1-10H2,(H2,13,14). The Morgan fingerprint density at radius 1 is 0.933 bits per heavy atom. The van der Waals surface area contributed by atoms with E-state index >= 15 is 0 Å². The van der Waals surface area contributed by atoms with E-state index in [9.17, 15) is 0 Å². The Bertz CT molecular complexity index is 213. The van der Waals surface area contributed by atoms with Gasteiger partial charge in [-0.15, -0.1) is 0 Å². The average molecular weight is 209 g/mol. The zero-order valence-electron chi connectivity index (χ0n) is 9.62. The van der Waals surface area contributed by atoms with E-state index < -0.39 is 0 Å². The Hall–Kier alpha value is -0.730. The fraction of sp³-hybridized carbons (Fsp3) is 0.917. The summed E-state index contributed by atoms with van der Waals surface area (Å²) in [5.41, 5.74) is 6.06. The van der Waals surface area contributed by atoms with Gasteiger partial charge in [-0.2, -0.15) is 0 Å². The molecule has 0 aromatic rings. The van der Waals surface area contributed by atoms with Crippen LogP contribution in [0.3, 0.4) is 0 Å². The molecule has 0 bridgehead atoms. The number of nitrogens with zero attached hydrogens (tertiary/aromatic N) is 2. The van der Waals surface area contributed by atoms with Crippen LogP contribution in [0, 0.1) is 0 Å². The molecule has 0 radical (unpaired) electrons. The zero-order chi connectivity index (χ0) is 10.5. The predicted octanol–water partition coefficient (Wildman–Crippen LogP) is 2.12. The van der Waals surface area contributed by atoms with Crippen LogP contribution in [0.1, 0.15) is 51.4 Å². The van der Waals surface area contributed by atoms with Gasteiger partial charge in [0.05, 0.1) is 6.04 Å². The molecule has 15 heavy (non-hydrogen) atoms. The minimum atomic E-state index is 0.515. The summed E-state index contributed by atoms with van der Waals surface area (Å²) < 4.78 is 0. The van der Waals surface area contributed by atoms with Gasteiger partial charge in [0.15, 0.2) is 5.96 Å². The molecule has 3 nitrogen and oxygen atoms in total. The third-order valence-electron chi connectivity index (χ3n) is 3.57. The van der Waals surface area contributed by atoms with E-state index in [1.165, 1.54) is 51.4 Å². The number of guanidine groups is 1.